The summed E-state index contributed by atoms with van der Waals surface area (Å²) in [4.78, 5) is 0. The Balaban J connectivity index is 0.000000180. The van der Waals surface area contributed by atoms with Gasteiger partial charge in [0.05, 0.1) is 24.9 Å². The minimum atomic E-state index is -0.385. The van der Waals surface area contributed by atoms with E-state index in [0.29, 0.717) is 18.4 Å². The highest BCUT2D eigenvalue weighted by Crippen LogP contribution is 2.40. The predicted octanol–water partition coefficient (Wildman–Crippen LogP) is 4.82. The molecule has 4 N–H and O–H groups in total. The molecule has 27 heavy (non-hydrogen) atoms. The number of hydrogen-bond acceptors (Lipinski definition) is 4. The quantitative estimate of drug-likeness (QED) is 0.665. The van der Waals surface area contributed by atoms with Gasteiger partial charge in [0.25, 0.3) is 0 Å². The van der Waals surface area contributed by atoms with Crippen LogP contribution in [0.25, 0.3) is 0 Å². The zero-order chi connectivity index (χ0) is 19.6. The maximum absolute atomic E-state index is 9.80. The molecule has 0 radical (unpaired) electrons. The van der Waals surface area contributed by atoms with Crippen molar-refractivity contribution in [1.82, 2.24) is 0 Å². The lowest BCUT2D eigenvalue weighted by Crippen LogP contribution is -2.45. The molecule has 3 atom stereocenters. The summed E-state index contributed by atoms with van der Waals surface area (Å²) in [6, 6.07) is 14.7. The van der Waals surface area contributed by atoms with E-state index in [1.807, 2.05) is 12.1 Å². The van der Waals surface area contributed by atoms with Gasteiger partial charge in [-0.15, -0.1) is 0 Å². The number of ether oxygens (including phenoxy) is 1. The van der Waals surface area contributed by atoms with Crippen LogP contribution in [0.4, 0.5) is 11.4 Å². The molecule has 4 rings (SSSR count). The van der Waals surface area contributed by atoms with Gasteiger partial charge >= 0.3 is 0 Å². The number of benzene rings is 2. The monoisotopic (exact) mass is 368 g/mol. The van der Waals surface area contributed by atoms with E-state index in [-0.39, 0.29) is 18.2 Å². The topological polar surface area (TPSA) is 67.5 Å². The zero-order valence-electron chi connectivity index (χ0n) is 16.8. The Kier molecular flexibility index (Phi) is 6.08. The molecular formula is C23H32N2O2. The first-order valence-electron chi connectivity index (χ1n) is 9.90. The van der Waals surface area contributed by atoms with Gasteiger partial charge in [-0.1, -0.05) is 52.0 Å². The minimum absolute atomic E-state index is 0.145. The standard InChI is InChI=1S/C14H19NO2.C9H13N/c1-8(2)9-3-4-11-10(5-9)14-6-12(15-11)13(16)7-17-14;1-7(2)8-3-5-9(10)6-4-8/h3-5,8,12-16H,6-7H2,1-2H3;3-7H,10H2,1-2H3. The van der Waals surface area contributed by atoms with Crippen LogP contribution < -0.4 is 11.1 Å². The van der Waals surface area contributed by atoms with Crippen molar-refractivity contribution in [3.63, 3.8) is 0 Å². The number of rotatable bonds is 2. The molecule has 2 heterocycles. The molecule has 2 aliphatic rings. The molecule has 2 bridgehead atoms. The first-order chi connectivity index (χ1) is 12.8. The molecular weight excluding hydrogens is 336 g/mol. The van der Waals surface area contributed by atoms with Crippen LogP contribution >= 0.6 is 0 Å². The second kappa shape index (κ2) is 8.32. The summed E-state index contributed by atoms with van der Waals surface area (Å²) in [7, 11) is 0. The number of nitrogens with two attached hydrogens (primary N) is 1. The molecule has 0 amide bonds. The first kappa shape index (κ1) is 19.7. The van der Waals surface area contributed by atoms with Crippen LogP contribution in [0, 0.1) is 0 Å². The Morgan fingerprint density at radius 1 is 1.00 bits per heavy atom. The summed E-state index contributed by atoms with van der Waals surface area (Å²) in [6.07, 6.45) is 0.637. The fourth-order valence-corrected chi connectivity index (χ4v) is 3.58. The second-order valence-corrected chi connectivity index (χ2v) is 8.20. The smallest absolute Gasteiger partial charge is 0.0975 e. The zero-order valence-corrected chi connectivity index (χ0v) is 16.8. The van der Waals surface area contributed by atoms with Crippen LogP contribution in [0.2, 0.25) is 0 Å². The van der Waals surface area contributed by atoms with Crippen LogP contribution in [0.1, 0.15) is 68.7 Å². The number of anilines is 2. The highest BCUT2D eigenvalue weighted by molar-refractivity contribution is 5.57. The Morgan fingerprint density at radius 3 is 2.26 bits per heavy atom. The molecule has 2 aromatic rings. The number of aliphatic hydroxyl groups is 1. The summed E-state index contributed by atoms with van der Waals surface area (Å²) < 4.78 is 5.73. The third-order valence-corrected chi connectivity index (χ3v) is 5.43. The minimum Gasteiger partial charge on any atom is -0.399 e. The molecule has 4 heteroatoms. The van der Waals surface area contributed by atoms with Gasteiger partial charge in [-0.05, 0) is 41.2 Å². The van der Waals surface area contributed by atoms with E-state index in [1.165, 1.54) is 16.7 Å². The van der Waals surface area contributed by atoms with Gasteiger partial charge in [-0.2, -0.15) is 0 Å². The van der Waals surface area contributed by atoms with Gasteiger partial charge in [0.1, 0.15) is 0 Å². The summed E-state index contributed by atoms with van der Waals surface area (Å²) in [5.74, 6) is 1.13. The Morgan fingerprint density at radius 2 is 1.63 bits per heavy atom. The Bertz CT molecular complexity index is 755. The van der Waals surface area contributed by atoms with Crippen molar-refractivity contribution in [3.8, 4) is 0 Å². The van der Waals surface area contributed by atoms with Crippen molar-refractivity contribution in [2.24, 2.45) is 0 Å². The molecule has 0 aliphatic carbocycles. The SMILES string of the molecule is CC(C)c1ccc(N)cc1.CC(C)c1ccc2c(c1)C1CC(N2)C(O)CO1. The average molecular weight is 369 g/mol. The number of hydrogen-bond donors (Lipinski definition) is 3. The molecule has 1 fully saturated rings. The van der Waals surface area contributed by atoms with Gasteiger partial charge < -0.3 is 20.9 Å². The number of nitrogens with one attached hydrogen (secondary N) is 1. The van der Waals surface area contributed by atoms with E-state index in [0.717, 1.165) is 17.8 Å². The Hall–Kier alpha value is -2.04. The van der Waals surface area contributed by atoms with Crippen molar-refractivity contribution in [1.29, 1.82) is 0 Å². The normalized spacial score (nSPS) is 23.3. The molecule has 0 saturated carbocycles. The fourth-order valence-electron chi connectivity index (χ4n) is 3.58. The molecule has 2 aromatic carbocycles. The second-order valence-electron chi connectivity index (χ2n) is 8.20. The van der Waals surface area contributed by atoms with Crippen LogP contribution in [-0.2, 0) is 4.74 Å². The van der Waals surface area contributed by atoms with Gasteiger partial charge in [0.15, 0.2) is 0 Å². The van der Waals surface area contributed by atoms with Gasteiger partial charge in [-0.25, -0.2) is 0 Å². The summed E-state index contributed by atoms with van der Waals surface area (Å²) in [5, 5.41) is 13.2. The van der Waals surface area contributed by atoms with E-state index in [9.17, 15) is 5.11 Å². The lowest BCUT2D eigenvalue weighted by atomic mass is 9.88. The average Bonchev–Trinajstić information content (AvgIpc) is 2.65. The largest absolute Gasteiger partial charge is 0.399 e. The third kappa shape index (κ3) is 4.63. The Labute approximate surface area is 162 Å². The van der Waals surface area contributed by atoms with E-state index < -0.39 is 0 Å². The van der Waals surface area contributed by atoms with E-state index in [1.54, 1.807) is 0 Å². The lowest BCUT2D eigenvalue weighted by molar-refractivity contribution is -0.0672. The van der Waals surface area contributed by atoms with Gasteiger partial charge in [-0.3, -0.25) is 0 Å². The number of nitrogen functional groups attached to an aromatic ring is 1. The van der Waals surface area contributed by atoms with Crippen LogP contribution in [0.5, 0.6) is 0 Å². The van der Waals surface area contributed by atoms with E-state index >= 15 is 0 Å². The highest BCUT2D eigenvalue weighted by atomic mass is 16.5. The van der Waals surface area contributed by atoms with Crippen molar-refractivity contribution in [2.75, 3.05) is 17.7 Å². The van der Waals surface area contributed by atoms with Crippen LogP contribution in [-0.4, -0.2) is 23.9 Å². The molecule has 3 unspecified atom stereocenters. The lowest BCUT2D eigenvalue weighted by Gasteiger charge is -2.40. The fraction of sp³-hybridized carbons (Fsp3) is 0.478. The maximum atomic E-state index is 9.80. The van der Waals surface area contributed by atoms with Gasteiger partial charge in [0, 0.05) is 23.4 Å². The molecule has 0 spiro atoms. The number of aliphatic hydroxyl groups excluding tert-OH is 1. The van der Waals surface area contributed by atoms with E-state index in [4.69, 9.17) is 10.5 Å². The molecule has 4 nitrogen and oxygen atoms in total. The molecule has 2 aliphatic heterocycles. The third-order valence-electron chi connectivity index (χ3n) is 5.43. The van der Waals surface area contributed by atoms with Gasteiger partial charge in [0.2, 0.25) is 0 Å². The molecule has 1 saturated heterocycles. The highest BCUT2D eigenvalue weighted by Gasteiger charge is 2.36. The van der Waals surface area contributed by atoms with Crippen molar-refractivity contribution in [2.45, 2.75) is 64.2 Å². The molecule has 146 valence electrons. The van der Waals surface area contributed by atoms with Crippen LogP contribution in [0.15, 0.2) is 42.5 Å². The predicted molar refractivity (Wildman–Crippen MR) is 112 cm³/mol. The summed E-state index contributed by atoms with van der Waals surface area (Å²) >= 11 is 0. The number of fused-ring (bicyclic) bond motifs is 4. The first-order valence-corrected chi connectivity index (χ1v) is 9.90. The summed E-state index contributed by atoms with van der Waals surface area (Å²) in [6.45, 7) is 9.18. The van der Waals surface area contributed by atoms with Crippen molar-refractivity contribution >= 4 is 11.4 Å². The molecule has 0 aromatic heterocycles. The van der Waals surface area contributed by atoms with E-state index in [2.05, 4.69) is 63.3 Å². The summed E-state index contributed by atoms with van der Waals surface area (Å²) in [5.41, 5.74) is 11.4. The maximum Gasteiger partial charge on any atom is 0.0975 e. The van der Waals surface area contributed by atoms with Crippen molar-refractivity contribution < 1.29 is 9.84 Å². The van der Waals surface area contributed by atoms with Crippen molar-refractivity contribution in [3.05, 3.63) is 59.2 Å². The van der Waals surface area contributed by atoms with Crippen LogP contribution in [0.3, 0.4) is 0 Å².